The lowest BCUT2D eigenvalue weighted by atomic mass is 9.93. The summed E-state index contributed by atoms with van der Waals surface area (Å²) in [5.74, 6) is -0.160. The van der Waals surface area contributed by atoms with Crippen LogP contribution < -0.4 is 5.32 Å². The normalized spacial score (nSPS) is 23.5. The zero-order chi connectivity index (χ0) is 14.0. The van der Waals surface area contributed by atoms with Crippen molar-refractivity contribution in [3.05, 3.63) is 35.1 Å². The van der Waals surface area contributed by atoms with Gasteiger partial charge >= 0.3 is 0 Å². The molecule has 3 nitrogen and oxygen atoms in total. The maximum absolute atomic E-state index is 13.5. The highest BCUT2D eigenvalue weighted by Crippen LogP contribution is 2.26. The molecular formula is C15H24FN3. The molecule has 1 aromatic carbocycles. The molecule has 1 aliphatic heterocycles. The summed E-state index contributed by atoms with van der Waals surface area (Å²) in [5.41, 5.74) is 2.21. The summed E-state index contributed by atoms with van der Waals surface area (Å²) in [5, 5.41) is 3.37. The van der Waals surface area contributed by atoms with Gasteiger partial charge in [0.25, 0.3) is 0 Å². The molecule has 0 bridgehead atoms. The third kappa shape index (κ3) is 3.14. The molecule has 2 unspecified atom stereocenters. The number of nitrogens with zero attached hydrogens (tertiary/aromatic N) is 2. The average Bonchev–Trinajstić information content (AvgIpc) is 2.38. The first-order chi connectivity index (χ1) is 9.02. The van der Waals surface area contributed by atoms with Crippen LogP contribution >= 0.6 is 0 Å². The number of aryl methyl sites for hydroxylation is 1. The Morgan fingerprint density at radius 3 is 2.74 bits per heavy atom. The molecule has 1 aromatic rings. The highest BCUT2D eigenvalue weighted by molar-refractivity contribution is 5.31. The van der Waals surface area contributed by atoms with Crippen molar-refractivity contribution in [2.24, 2.45) is 0 Å². The number of halogens is 1. The molecule has 0 saturated carbocycles. The quantitative estimate of drug-likeness (QED) is 0.896. The Hall–Kier alpha value is -0.970. The van der Waals surface area contributed by atoms with Gasteiger partial charge in [-0.25, -0.2) is 4.39 Å². The summed E-state index contributed by atoms with van der Waals surface area (Å²) in [6.45, 7) is 5.18. The van der Waals surface area contributed by atoms with Crippen LogP contribution in [-0.4, -0.2) is 56.6 Å². The Morgan fingerprint density at radius 1 is 1.32 bits per heavy atom. The molecule has 2 rings (SSSR count). The Bertz CT molecular complexity index is 435. The monoisotopic (exact) mass is 265 g/mol. The third-order valence-electron chi connectivity index (χ3n) is 4.17. The van der Waals surface area contributed by atoms with Gasteiger partial charge in [0.2, 0.25) is 0 Å². The summed E-state index contributed by atoms with van der Waals surface area (Å²) in [6, 6.07) is 5.58. The second kappa shape index (κ2) is 5.99. The summed E-state index contributed by atoms with van der Waals surface area (Å²) in [4.78, 5) is 4.70. The lowest BCUT2D eigenvalue weighted by Gasteiger charge is -2.42. The number of hydrogen-bond donors (Lipinski definition) is 1. The molecular weight excluding hydrogens is 241 g/mol. The third-order valence-corrected chi connectivity index (χ3v) is 4.17. The number of likely N-dealkylation sites (N-methyl/N-ethyl adjacent to an activating group) is 3. The molecule has 106 valence electrons. The summed E-state index contributed by atoms with van der Waals surface area (Å²) >= 11 is 0. The topological polar surface area (TPSA) is 18.5 Å². The van der Waals surface area contributed by atoms with Crippen LogP contribution in [0.2, 0.25) is 0 Å². The van der Waals surface area contributed by atoms with Crippen molar-refractivity contribution in [3.8, 4) is 0 Å². The van der Waals surface area contributed by atoms with Gasteiger partial charge in [-0.15, -0.1) is 0 Å². The maximum atomic E-state index is 13.5. The molecule has 0 spiro atoms. The average molecular weight is 265 g/mol. The first kappa shape index (κ1) is 14.4. The van der Waals surface area contributed by atoms with Gasteiger partial charge in [-0.1, -0.05) is 6.07 Å². The van der Waals surface area contributed by atoms with Crippen molar-refractivity contribution in [2.75, 3.05) is 40.8 Å². The lowest BCUT2D eigenvalue weighted by Crippen LogP contribution is -2.54. The van der Waals surface area contributed by atoms with E-state index in [9.17, 15) is 4.39 Å². The van der Waals surface area contributed by atoms with Gasteiger partial charge in [-0.05, 0) is 51.3 Å². The van der Waals surface area contributed by atoms with Crippen LogP contribution in [0.1, 0.15) is 17.2 Å². The van der Waals surface area contributed by atoms with Gasteiger partial charge in [0.15, 0.2) is 0 Å². The van der Waals surface area contributed by atoms with Gasteiger partial charge in [0, 0.05) is 31.7 Å². The van der Waals surface area contributed by atoms with Gasteiger partial charge in [0.1, 0.15) is 5.82 Å². The first-order valence-corrected chi connectivity index (χ1v) is 6.85. The maximum Gasteiger partial charge on any atom is 0.123 e. The van der Waals surface area contributed by atoms with Crippen molar-refractivity contribution < 1.29 is 4.39 Å². The second-order valence-corrected chi connectivity index (χ2v) is 5.58. The van der Waals surface area contributed by atoms with E-state index in [4.69, 9.17) is 0 Å². The van der Waals surface area contributed by atoms with Crippen molar-refractivity contribution >= 4 is 0 Å². The minimum absolute atomic E-state index is 0.156. The number of nitrogens with one attached hydrogen (secondary N) is 1. The van der Waals surface area contributed by atoms with E-state index in [-0.39, 0.29) is 11.9 Å². The fourth-order valence-electron chi connectivity index (χ4n) is 2.91. The van der Waals surface area contributed by atoms with Crippen LogP contribution in [0.4, 0.5) is 4.39 Å². The SMILES string of the molecule is CNC(c1cc(F)ccc1C)C1CN(C)CCN1C. The van der Waals surface area contributed by atoms with Crippen molar-refractivity contribution in [3.63, 3.8) is 0 Å². The molecule has 4 heteroatoms. The molecule has 1 saturated heterocycles. The minimum atomic E-state index is -0.160. The minimum Gasteiger partial charge on any atom is -0.312 e. The van der Waals surface area contributed by atoms with Gasteiger partial charge in [-0.2, -0.15) is 0 Å². The van der Waals surface area contributed by atoms with Crippen LogP contribution in [-0.2, 0) is 0 Å². The number of benzene rings is 1. The number of hydrogen-bond acceptors (Lipinski definition) is 3. The van der Waals surface area contributed by atoms with Crippen LogP contribution in [0.3, 0.4) is 0 Å². The molecule has 1 fully saturated rings. The fourth-order valence-corrected chi connectivity index (χ4v) is 2.91. The molecule has 1 N–H and O–H groups in total. The Kier molecular flexibility index (Phi) is 4.55. The first-order valence-electron chi connectivity index (χ1n) is 6.85. The van der Waals surface area contributed by atoms with Crippen LogP contribution in [0.25, 0.3) is 0 Å². The fraction of sp³-hybridized carbons (Fsp3) is 0.600. The summed E-state index contributed by atoms with van der Waals surface area (Å²) in [6.07, 6.45) is 0. The summed E-state index contributed by atoms with van der Waals surface area (Å²) < 4.78 is 13.5. The zero-order valence-corrected chi connectivity index (χ0v) is 12.3. The van der Waals surface area contributed by atoms with Crippen LogP contribution in [0, 0.1) is 12.7 Å². The van der Waals surface area contributed by atoms with E-state index in [0.717, 1.165) is 30.8 Å². The van der Waals surface area contributed by atoms with Crippen LogP contribution in [0.5, 0.6) is 0 Å². The standard InChI is InChI=1S/C15H24FN3/c1-11-5-6-12(16)9-13(11)15(17-2)14-10-18(3)7-8-19(14)4/h5-6,9,14-15,17H,7-8,10H2,1-4H3. The van der Waals surface area contributed by atoms with Crippen LogP contribution in [0.15, 0.2) is 18.2 Å². The Labute approximate surface area is 115 Å². The van der Waals surface area contributed by atoms with Gasteiger partial charge in [0.05, 0.1) is 0 Å². The van der Waals surface area contributed by atoms with E-state index >= 15 is 0 Å². The molecule has 19 heavy (non-hydrogen) atoms. The lowest BCUT2D eigenvalue weighted by molar-refractivity contribution is 0.0895. The van der Waals surface area contributed by atoms with Gasteiger partial charge in [-0.3, -0.25) is 4.90 Å². The van der Waals surface area contributed by atoms with Crippen molar-refractivity contribution in [2.45, 2.75) is 19.0 Å². The van der Waals surface area contributed by atoms with Crippen molar-refractivity contribution in [1.29, 1.82) is 0 Å². The number of piperazine rings is 1. The largest absolute Gasteiger partial charge is 0.312 e. The van der Waals surface area contributed by atoms with Crippen molar-refractivity contribution in [1.82, 2.24) is 15.1 Å². The van der Waals surface area contributed by atoms with E-state index < -0.39 is 0 Å². The highest BCUT2D eigenvalue weighted by Gasteiger charge is 2.30. The van der Waals surface area contributed by atoms with E-state index in [1.54, 1.807) is 6.07 Å². The molecule has 2 atom stereocenters. The Morgan fingerprint density at radius 2 is 2.05 bits per heavy atom. The molecule has 0 aromatic heterocycles. The molecule has 1 aliphatic rings. The highest BCUT2D eigenvalue weighted by atomic mass is 19.1. The van der Waals surface area contributed by atoms with Gasteiger partial charge < -0.3 is 10.2 Å². The molecule has 0 aliphatic carbocycles. The van der Waals surface area contributed by atoms with E-state index in [1.807, 2.05) is 20.0 Å². The van der Waals surface area contributed by atoms with E-state index in [1.165, 1.54) is 6.07 Å². The summed E-state index contributed by atoms with van der Waals surface area (Å²) in [7, 11) is 6.25. The Balaban J connectivity index is 2.30. The van der Waals surface area contributed by atoms with E-state index in [0.29, 0.717) is 6.04 Å². The smallest absolute Gasteiger partial charge is 0.123 e. The van der Waals surface area contributed by atoms with E-state index in [2.05, 4.69) is 29.2 Å². The molecule has 1 heterocycles. The second-order valence-electron chi connectivity index (χ2n) is 5.58. The predicted molar refractivity (Wildman–Crippen MR) is 76.9 cm³/mol. The number of rotatable bonds is 3. The predicted octanol–water partition coefficient (Wildman–Crippen LogP) is 1.64. The zero-order valence-electron chi connectivity index (χ0n) is 12.3. The molecule has 0 amide bonds. The molecule has 0 radical (unpaired) electrons.